The Morgan fingerprint density at radius 2 is 2.04 bits per heavy atom. The molecule has 0 aliphatic carbocycles. The first-order valence-electron chi connectivity index (χ1n) is 6.22. The Morgan fingerprint density at radius 3 is 2.58 bits per heavy atom. The summed E-state index contributed by atoms with van der Waals surface area (Å²) >= 11 is 6.65. The number of amides is 1. The SMILES string of the molecule is CC(=O)Oc1cc(Cl)cc(C(=O)Nc2nc(S(C)(=O)=O)cs2)c1F. The predicted molar refractivity (Wildman–Crippen MR) is 85.9 cm³/mol. The van der Waals surface area contributed by atoms with E-state index in [1.807, 2.05) is 0 Å². The van der Waals surface area contributed by atoms with Crippen molar-refractivity contribution >= 4 is 49.8 Å². The molecule has 0 fully saturated rings. The van der Waals surface area contributed by atoms with Crippen molar-refractivity contribution in [2.45, 2.75) is 11.9 Å². The van der Waals surface area contributed by atoms with Crippen molar-refractivity contribution < 1.29 is 27.1 Å². The molecule has 1 N–H and O–H groups in total. The van der Waals surface area contributed by atoms with Gasteiger partial charge >= 0.3 is 5.97 Å². The van der Waals surface area contributed by atoms with E-state index < -0.39 is 38.8 Å². The summed E-state index contributed by atoms with van der Waals surface area (Å²) in [5.41, 5.74) is -0.477. The van der Waals surface area contributed by atoms with Gasteiger partial charge < -0.3 is 4.74 Å². The molecule has 2 aromatic rings. The van der Waals surface area contributed by atoms with E-state index in [4.69, 9.17) is 11.6 Å². The van der Waals surface area contributed by atoms with Crippen molar-refractivity contribution in [2.24, 2.45) is 0 Å². The number of esters is 1. The zero-order chi connectivity index (χ0) is 18.1. The number of benzene rings is 1. The second-order valence-corrected chi connectivity index (χ2v) is 7.83. The van der Waals surface area contributed by atoms with Crippen molar-refractivity contribution in [2.75, 3.05) is 11.6 Å². The number of ether oxygens (including phenoxy) is 1. The van der Waals surface area contributed by atoms with E-state index in [0.717, 1.165) is 36.6 Å². The van der Waals surface area contributed by atoms with Crippen LogP contribution < -0.4 is 10.1 Å². The molecule has 1 heterocycles. The number of nitrogens with one attached hydrogen (secondary N) is 1. The van der Waals surface area contributed by atoms with Crippen LogP contribution in [0.2, 0.25) is 5.02 Å². The van der Waals surface area contributed by atoms with Crippen molar-refractivity contribution in [1.82, 2.24) is 4.98 Å². The second-order valence-electron chi connectivity index (χ2n) is 4.58. The van der Waals surface area contributed by atoms with Crippen LogP contribution in [0.1, 0.15) is 17.3 Å². The van der Waals surface area contributed by atoms with Gasteiger partial charge in [-0.2, -0.15) is 0 Å². The molecule has 11 heteroatoms. The van der Waals surface area contributed by atoms with Crippen LogP contribution in [0, 0.1) is 5.82 Å². The van der Waals surface area contributed by atoms with Gasteiger partial charge in [-0.25, -0.2) is 17.8 Å². The Bertz CT molecular complexity index is 926. The fourth-order valence-electron chi connectivity index (χ4n) is 1.61. The highest BCUT2D eigenvalue weighted by molar-refractivity contribution is 7.90. The summed E-state index contributed by atoms with van der Waals surface area (Å²) in [7, 11) is -3.52. The van der Waals surface area contributed by atoms with Crippen LogP contribution in [0.25, 0.3) is 0 Å². The number of nitrogens with zero attached hydrogens (tertiary/aromatic N) is 1. The summed E-state index contributed by atoms with van der Waals surface area (Å²) in [5, 5.41) is 3.24. The summed E-state index contributed by atoms with van der Waals surface area (Å²) < 4.78 is 41.6. The van der Waals surface area contributed by atoms with Gasteiger partial charge in [-0.1, -0.05) is 11.6 Å². The molecular weight excluding hydrogens is 383 g/mol. The van der Waals surface area contributed by atoms with Crippen LogP contribution in [0.5, 0.6) is 5.75 Å². The molecule has 1 amide bonds. The summed E-state index contributed by atoms with van der Waals surface area (Å²) in [6, 6.07) is 2.10. The van der Waals surface area contributed by atoms with E-state index in [0.29, 0.717) is 0 Å². The maximum absolute atomic E-state index is 14.3. The highest BCUT2D eigenvalue weighted by Gasteiger charge is 2.21. The lowest BCUT2D eigenvalue weighted by atomic mass is 10.2. The Hall–Kier alpha value is -2.04. The maximum atomic E-state index is 14.3. The van der Waals surface area contributed by atoms with Gasteiger partial charge in [0.15, 0.2) is 31.6 Å². The van der Waals surface area contributed by atoms with E-state index in [1.165, 1.54) is 5.38 Å². The number of halogens is 2. The topological polar surface area (TPSA) is 102 Å². The first-order chi connectivity index (χ1) is 11.1. The average molecular weight is 393 g/mol. The third kappa shape index (κ3) is 4.28. The number of sulfone groups is 1. The van der Waals surface area contributed by atoms with Gasteiger partial charge in [0.1, 0.15) is 0 Å². The molecule has 0 unspecified atom stereocenters. The zero-order valence-electron chi connectivity index (χ0n) is 12.3. The highest BCUT2D eigenvalue weighted by atomic mass is 35.5. The average Bonchev–Trinajstić information content (AvgIpc) is 2.90. The molecule has 7 nitrogen and oxygen atoms in total. The zero-order valence-corrected chi connectivity index (χ0v) is 14.7. The molecule has 1 aromatic carbocycles. The molecule has 0 saturated heterocycles. The fraction of sp³-hybridized carbons (Fsp3) is 0.154. The number of aromatic nitrogens is 1. The molecule has 0 radical (unpaired) electrons. The van der Waals surface area contributed by atoms with Crippen LogP contribution in [0.3, 0.4) is 0 Å². The number of thiazole rings is 1. The Balaban J connectivity index is 2.31. The smallest absolute Gasteiger partial charge is 0.308 e. The number of anilines is 1. The van der Waals surface area contributed by atoms with E-state index >= 15 is 0 Å². The lowest BCUT2D eigenvalue weighted by Crippen LogP contribution is -2.15. The van der Waals surface area contributed by atoms with E-state index in [9.17, 15) is 22.4 Å². The van der Waals surface area contributed by atoms with E-state index in [2.05, 4.69) is 15.0 Å². The number of carbonyl (C=O) groups is 2. The van der Waals surface area contributed by atoms with Crippen LogP contribution in [-0.4, -0.2) is 31.5 Å². The summed E-state index contributed by atoms with van der Waals surface area (Å²) in [6.45, 7) is 1.07. The van der Waals surface area contributed by atoms with Crippen LogP contribution in [0.15, 0.2) is 22.5 Å². The molecule has 0 aliphatic heterocycles. The molecule has 0 spiro atoms. The van der Waals surface area contributed by atoms with Crippen molar-refractivity contribution in [3.8, 4) is 5.75 Å². The maximum Gasteiger partial charge on any atom is 0.308 e. The molecule has 0 saturated carbocycles. The molecule has 1 aromatic heterocycles. The number of hydrogen-bond acceptors (Lipinski definition) is 7. The molecule has 2 rings (SSSR count). The lowest BCUT2D eigenvalue weighted by Gasteiger charge is -2.08. The molecule has 128 valence electrons. The van der Waals surface area contributed by atoms with Crippen molar-refractivity contribution in [3.63, 3.8) is 0 Å². The monoisotopic (exact) mass is 392 g/mol. The van der Waals surface area contributed by atoms with Gasteiger partial charge in [0.25, 0.3) is 5.91 Å². The minimum absolute atomic E-state index is 0.0197. The van der Waals surface area contributed by atoms with Gasteiger partial charge in [-0.05, 0) is 6.07 Å². The quantitative estimate of drug-likeness (QED) is 0.633. The van der Waals surface area contributed by atoms with Crippen molar-refractivity contribution in [1.29, 1.82) is 0 Å². The van der Waals surface area contributed by atoms with E-state index in [-0.39, 0.29) is 15.2 Å². The second kappa shape index (κ2) is 6.83. The van der Waals surface area contributed by atoms with Crippen molar-refractivity contribution in [3.05, 3.63) is 33.9 Å². The minimum atomic E-state index is -3.52. The molecule has 0 bridgehead atoms. The summed E-state index contributed by atoms with van der Waals surface area (Å²) in [4.78, 5) is 26.8. The third-order valence-corrected chi connectivity index (χ3v) is 4.68. The largest absolute Gasteiger partial charge is 0.423 e. The van der Waals surface area contributed by atoms with Gasteiger partial charge in [-0.3, -0.25) is 14.9 Å². The number of carbonyl (C=O) groups excluding carboxylic acids is 2. The Labute approximate surface area is 145 Å². The van der Waals surface area contributed by atoms with Crippen LogP contribution in [-0.2, 0) is 14.6 Å². The molecular formula is C13H10ClFN2O5S2. The van der Waals surface area contributed by atoms with Crippen LogP contribution in [0.4, 0.5) is 9.52 Å². The number of hydrogen-bond donors (Lipinski definition) is 1. The molecule has 24 heavy (non-hydrogen) atoms. The van der Waals surface area contributed by atoms with Gasteiger partial charge in [0.05, 0.1) is 5.56 Å². The van der Waals surface area contributed by atoms with Gasteiger partial charge in [0, 0.05) is 29.6 Å². The van der Waals surface area contributed by atoms with Gasteiger partial charge in [-0.15, -0.1) is 11.3 Å². The molecule has 0 aliphatic rings. The van der Waals surface area contributed by atoms with E-state index in [1.54, 1.807) is 0 Å². The summed E-state index contributed by atoms with van der Waals surface area (Å²) in [5.74, 6) is -3.26. The lowest BCUT2D eigenvalue weighted by molar-refractivity contribution is -0.132. The number of rotatable bonds is 4. The van der Waals surface area contributed by atoms with Crippen LogP contribution >= 0.6 is 22.9 Å². The first-order valence-corrected chi connectivity index (χ1v) is 9.37. The standard InChI is InChI=1S/C13H10ClFN2O5S2/c1-6(18)22-9-4-7(14)3-8(11(9)15)12(19)17-13-16-10(5-23-13)24(2,20)21/h3-5H,1-2H3,(H,16,17,19). The Morgan fingerprint density at radius 1 is 1.38 bits per heavy atom. The highest BCUT2D eigenvalue weighted by Crippen LogP contribution is 2.27. The summed E-state index contributed by atoms with van der Waals surface area (Å²) in [6.07, 6.45) is 0.968. The normalized spacial score (nSPS) is 11.2. The van der Waals surface area contributed by atoms with Gasteiger partial charge in [0.2, 0.25) is 0 Å². The molecule has 0 atom stereocenters. The predicted octanol–water partition coefficient (Wildman–Crippen LogP) is 2.52. The third-order valence-electron chi connectivity index (χ3n) is 2.59. The Kier molecular flexibility index (Phi) is 5.21. The minimum Gasteiger partial charge on any atom is -0.423 e. The fourth-order valence-corrected chi connectivity index (χ4v) is 3.54. The first kappa shape index (κ1) is 18.3.